The molecular weight excluding hydrogens is 124 g/mol. The Labute approximate surface area is 52.3 Å². The molecule has 0 aromatic carbocycles. The third kappa shape index (κ3) is 0.898. The van der Waals surface area contributed by atoms with Crippen molar-refractivity contribution in [3.05, 3.63) is 23.5 Å². The summed E-state index contributed by atoms with van der Waals surface area (Å²) in [6.07, 6.45) is 2.54. The Morgan fingerprint density at radius 2 is 2.50 bits per heavy atom. The van der Waals surface area contributed by atoms with Crippen molar-refractivity contribution in [2.75, 3.05) is 5.73 Å². The molecule has 41 valence electrons. The van der Waals surface area contributed by atoms with Crippen molar-refractivity contribution >= 4 is 17.3 Å². The van der Waals surface area contributed by atoms with Gasteiger partial charge in [-0.3, -0.25) is 0 Å². The molecule has 1 rings (SSSR count). The first-order chi connectivity index (χ1) is 3.80. The number of aromatic nitrogens is 1. The number of rotatable bonds is 0. The van der Waals surface area contributed by atoms with E-state index >= 15 is 0 Å². The van der Waals surface area contributed by atoms with Crippen LogP contribution in [-0.2, 0) is 0 Å². The fourth-order valence-electron chi connectivity index (χ4n) is 0.354. The standard InChI is InChI=1S/C5H4ClN2/c6-5-4(7)2-1-3-8-5/h1-2H,7H2. The van der Waals surface area contributed by atoms with E-state index in [9.17, 15) is 0 Å². The van der Waals surface area contributed by atoms with Crippen LogP contribution < -0.4 is 5.73 Å². The molecule has 2 nitrogen and oxygen atoms in total. The van der Waals surface area contributed by atoms with Gasteiger partial charge in [0.2, 0.25) is 0 Å². The van der Waals surface area contributed by atoms with E-state index in [0.29, 0.717) is 10.8 Å². The predicted octanol–water partition coefficient (Wildman–Crippen LogP) is 1.12. The fraction of sp³-hybridized carbons (Fsp3) is 0. The third-order valence-electron chi connectivity index (χ3n) is 0.738. The predicted molar refractivity (Wildman–Crippen MR) is 32.5 cm³/mol. The van der Waals surface area contributed by atoms with Gasteiger partial charge in [0.05, 0.1) is 11.9 Å². The number of pyridine rings is 1. The molecule has 0 bridgehead atoms. The minimum Gasteiger partial charge on any atom is -0.396 e. The Morgan fingerprint density at radius 1 is 1.75 bits per heavy atom. The lowest BCUT2D eigenvalue weighted by atomic mass is 10.4. The van der Waals surface area contributed by atoms with Crippen molar-refractivity contribution in [2.45, 2.75) is 0 Å². The van der Waals surface area contributed by atoms with Crippen molar-refractivity contribution < 1.29 is 0 Å². The largest absolute Gasteiger partial charge is 0.396 e. The molecule has 0 amide bonds. The molecule has 3 heteroatoms. The first-order valence-electron chi connectivity index (χ1n) is 2.09. The summed E-state index contributed by atoms with van der Waals surface area (Å²) >= 11 is 5.44. The first-order valence-corrected chi connectivity index (χ1v) is 2.46. The Hall–Kier alpha value is -0.760. The summed E-state index contributed by atoms with van der Waals surface area (Å²) in [7, 11) is 0. The van der Waals surface area contributed by atoms with E-state index in [1.165, 1.54) is 0 Å². The highest BCUT2D eigenvalue weighted by Gasteiger charge is 1.89. The molecule has 2 N–H and O–H groups in total. The summed E-state index contributed by atoms with van der Waals surface area (Å²) in [6, 6.07) is 3.26. The summed E-state index contributed by atoms with van der Waals surface area (Å²) in [5, 5.41) is 0.313. The van der Waals surface area contributed by atoms with Crippen LogP contribution in [0, 0.1) is 6.20 Å². The van der Waals surface area contributed by atoms with E-state index in [4.69, 9.17) is 17.3 Å². The molecule has 1 heterocycles. The van der Waals surface area contributed by atoms with Gasteiger partial charge in [-0.05, 0) is 12.1 Å². The highest BCUT2D eigenvalue weighted by molar-refractivity contribution is 6.31. The number of hydrogen-bond donors (Lipinski definition) is 1. The van der Waals surface area contributed by atoms with E-state index in [1.54, 1.807) is 12.1 Å². The van der Waals surface area contributed by atoms with Crippen LogP contribution in [0.25, 0.3) is 0 Å². The van der Waals surface area contributed by atoms with Gasteiger partial charge in [-0.15, -0.1) is 0 Å². The van der Waals surface area contributed by atoms with Crippen LogP contribution in [0.15, 0.2) is 12.1 Å². The summed E-state index contributed by atoms with van der Waals surface area (Å²) in [5.41, 5.74) is 5.80. The maximum atomic E-state index is 5.44. The number of anilines is 1. The lowest BCUT2D eigenvalue weighted by Gasteiger charge is -1.89. The molecular formula is C5H4ClN2. The second kappa shape index (κ2) is 2.01. The molecule has 0 aliphatic heterocycles. The van der Waals surface area contributed by atoms with Gasteiger partial charge in [-0.2, -0.15) is 0 Å². The van der Waals surface area contributed by atoms with Crippen molar-refractivity contribution in [1.29, 1.82) is 0 Å². The number of hydrogen-bond acceptors (Lipinski definition) is 2. The molecule has 0 saturated carbocycles. The fourth-order valence-corrected chi connectivity index (χ4v) is 0.466. The molecule has 1 aromatic heterocycles. The minimum atomic E-state index is 0.313. The van der Waals surface area contributed by atoms with Crippen LogP contribution in [0.4, 0.5) is 5.69 Å². The maximum absolute atomic E-state index is 5.44. The van der Waals surface area contributed by atoms with Crippen LogP contribution in [0.5, 0.6) is 0 Å². The van der Waals surface area contributed by atoms with Gasteiger partial charge in [0.15, 0.2) is 5.15 Å². The van der Waals surface area contributed by atoms with Gasteiger partial charge in [0, 0.05) is 0 Å². The molecule has 1 radical (unpaired) electrons. The molecule has 0 unspecified atom stereocenters. The third-order valence-corrected chi connectivity index (χ3v) is 1.04. The Kier molecular flexibility index (Phi) is 1.35. The first kappa shape index (κ1) is 5.38. The van der Waals surface area contributed by atoms with Gasteiger partial charge in [0.1, 0.15) is 0 Å². The Bertz CT molecular complexity index is 167. The molecule has 0 saturated heterocycles. The zero-order valence-corrected chi connectivity index (χ0v) is 4.81. The zero-order valence-electron chi connectivity index (χ0n) is 4.06. The van der Waals surface area contributed by atoms with Crippen LogP contribution in [0.3, 0.4) is 0 Å². The SMILES string of the molecule is Nc1cc[c]nc1Cl. The van der Waals surface area contributed by atoms with Gasteiger partial charge >= 0.3 is 0 Å². The van der Waals surface area contributed by atoms with E-state index in [2.05, 4.69) is 11.2 Å². The highest BCUT2D eigenvalue weighted by atomic mass is 35.5. The van der Waals surface area contributed by atoms with E-state index in [-0.39, 0.29) is 0 Å². The van der Waals surface area contributed by atoms with Crippen molar-refractivity contribution in [1.82, 2.24) is 4.98 Å². The monoisotopic (exact) mass is 127 g/mol. The van der Waals surface area contributed by atoms with Crippen molar-refractivity contribution in [3.8, 4) is 0 Å². The summed E-state index contributed by atoms with van der Waals surface area (Å²) in [4.78, 5) is 3.59. The smallest absolute Gasteiger partial charge is 0.152 e. The molecule has 1 aromatic rings. The topological polar surface area (TPSA) is 38.9 Å². The van der Waals surface area contributed by atoms with Crippen LogP contribution in [0.1, 0.15) is 0 Å². The van der Waals surface area contributed by atoms with Gasteiger partial charge in [-0.1, -0.05) is 11.6 Å². The van der Waals surface area contributed by atoms with Crippen molar-refractivity contribution in [3.63, 3.8) is 0 Å². The lowest BCUT2D eigenvalue weighted by molar-refractivity contribution is 1.32. The van der Waals surface area contributed by atoms with Crippen molar-refractivity contribution in [2.24, 2.45) is 0 Å². The number of halogens is 1. The van der Waals surface area contributed by atoms with E-state index < -0.39 is 0 Å². The molecule has 0 fully saturated rings. The second-order valence-electron chi connectivity index (χ2n) is 1.32. The number of nitrogens with two attached hydrogens (primary N) is 1. The van der Waals surface area contributed by atoms with Crippen LogP contribution >= 0.6 is 11.6 Å². The normalized spacial score (nSPS) is 9.12. The lowest BCUT2D eigenvalue weighted by Crippen LogP contribution is -1.86. The molecule has 0 aliphatic carbocycles. The maximum Gasteiger partial charge on any atom is 0.152 e. The average molecular weight is 128 g/mol. The van der Waals surface area contributed by atoms with Gasteiger partial charge in [-0.25, -0.2) is 4.98 Å². The van der Waals surface area contributed by atoms with Crippen LogP contribution in [-0.4, -0.2) is 4.98 Å². The molecule has 0 atom stereocenters. The molecule has 8 heavy (non-hydrogen) atoms. The quantitative estimate of drug-likeness (QED) is 0.531. The average Bonchev–Trinajstić information content (AvgIpc) is 1.77. The second-order valence-corrected chi connectivity index (χ2v) is 1.68. The summed E-state index contributed by atoms with van der Waals surface area (Å²) in [6.45, 7) is 0. The number of nitrogen functional groups attached to an aromatic ring is 1. The van der Waals surface area contributed by atoms with Crippen LogP contribution in [0.2, 0.25) is 5.15 Å². The summed E-state index contributed by atoms with van der Waals surface area (Å²) in [5.74, 6) is 0. The van der Waals surface area contributed by atoms with E-state index in [1.807, 2.05) is 0 Å². The summed E-state index contributed by atoms with van der Waals surface area (Å²) < 4.78 is 0. The highest BCUT2D eigenvalue weighted by Crippen LogP contribution is 2.11. The molecule has 0 aliphatic rings. The minimum absolute atomic E-state index is 0.313. The number of nitrogens with zero attached hydrogens (tertiary/aromatic N) is 1. The molecule has 0 spiro atoms. The van der Waals surface area contributed by atoms with Gasteiger partial charge < -0.3 is 5.73 Å². The van der Waals surface area contributed by atoms with Gasteiger partial charge in [0.25, 0.3) is 0 Å². The zero-order chi connectivity index (χ0) is 5.98. The Balaban J connectivity index is 3.13. The van der Waals surface area contributed by atoms with E-state index in [0.717, 1.165) is 0 Å². The Morgan fingerprint density at radius 3 is 2.88 bits per heavy atom.